The summed E-state index contributed by atoms with van der Waals surface area (Å²) >= 11 is 0. The van der Waals surface area contributed by atoms with E-state index in [1.807, 2.05) is 0 Å². The number of para-hydroxylation sites is 2. The molecule has 5 aliphatic rings. The Hall–Kier alpha value is -5.08. The number of anilines is 4. The number of benzene rings is 6. The minimum Gasteiger partial charge on any atom is -0.334 e. The molecule has 0 bridgehead atoms. The molecule has 6 unspecified atom stereocenters. The normalized spacial score (nSPS) is 28.7. The van der Waals surface area contributed by atoms with Crippen LogP contribution in [0.3, 0.4) is 0 Å². The summed E-state index contributed by atoms with van der Waals surface area (Å²) in [5.74, 6) is 1.53. The fraction of sp³-hybridized carbons (Fsp3) is 0.368. The Morgan fingerprint density at radius 3 is 1.27 bits per heavy atom. The summed E-state index contributed by atoms with van der Waals surface area (Å²) in [4.78, 5) is 5.40. The smallest absolute Gasteiger partial charge is 0.0518 e. The average molecular weight is 773 g/mol. The van der Waals surface area contributed by atoms with Gasteiger partial charge in [-0.15, -0.1) is 0 Å². The predicted molar refractivity (Wildman–Crippen MR) is 249 cm³/mol. The highest BCUT2D eigenvalue weighted by molar-refractivity contribution is 5.87. The molecule has 0 spiro atoms. The topological polar surface area (TPSA) is 6.48 Å². The molecule has 0 aromatic heterocycles. The van der Waals surface area contributed by atoms with Crippen molar-refractivity contribution in [3.8, 4) is 33.4 Å². The average Bonchev–Trinajstić information content (AvgIpc) is 3.81. The standard InChI is InChI=1S/C57H60N2/c1-7-38-27-29-56(5)54(3,36-38)50-34-42(23-25-52(50)58(56)46-15-11-9-12-16-46)40-19-21-44-31-45-22-20-41(33-49(45)48(44)32-40)43-24-26-53-51(35-43)55(4)37-39(8-2)28-30-57(55,6)59(53)47-17-13-10-14-18-47/h9-26,32-35,38-39H,7-8,27-31,36-37H2,1-6H3. The molecule has 59 heavy (non-hydrogen) atoms. The van der Waals surface area contributed by atoms with Gasteiger partial charge in [0.1, 0.15) is 0 Å². The fourth-order valence-corrected chi connectivity index (χ4v) is 13.3. The Bertz CT molecular complexity index is 2430. The lowest BCUT2D eigenvalue weighted by Gasteiger charge is -2.52. The van der Waals surface area contributed by atoms with Gasteiger partial charge in [-0.3, -0.25) is 0 Å². The van der Waals surface area contributed by atoms with E-state index in [1.54, 1.807) is 0 Å². The van der Waals surface area contributed by atoms with Crippen molar-refractivity contribution in [1.82, 2.24) is 0 Å². The minimum absolute atomic E-state index is 0.0381. The monoisotopic (exact) mass is 772 g/mol. The summed E-state index contributed by atoms with van der Waals surface area (Å²) in [6.45, 7) is 15.0. The molecule has 298 valence electrons. The molecule has 6 aromatic carbocycles. The zero-order valence-electron chi connectivity index (χ0n) is 36.1. The molecule has 2 heteroatoms. The molecule has 3 aliphatic carbocycles. The van der Waals surface area contributed by atoms with Gasteiger partial charge < -0.3 is 9.80 Å². The van der Waals surface area contributed by atoms with Gasteiger partial charge in [0.15, 0.2) is 0 Å². The van der Waals surface area contributed by atoms with Crippen molar-refractivity contribution in [1.29, 1.82) is 0 Å². The van der Waals surface area contributed by atoms with Crippen LogP contribution >= 0.6 is 0 Å². The molecular formula is C57H60N2. The highest BCUT2D eigenvalue weighted by Crippen LogP contribution is 2.64. The summed E-state index contributed by atoms with van der Waals surface area (Å²) in [5.41, 5.74) is 19.7. The minimum atomic E-state index is 0.0381. The molecule has 2 saturated carbocycles. The highest BCUT2D eigenvalue weighted by atomic mass is 15.3. The Balaban J connectivity index is 0.977. The van der Waals surface area contributed by atoms with E-state index in [1.165, 1.54) is 130 Å². The van der Waals surface area contributed by atoms with Gasteiger partial charge in [-0.25, -0.2) is 0 Å². The van der Waals surface area contributed by atoms with Crippen LogP contribution in [0.4, 0.5) is 22.7 Å². The lowest BCUT2D eigenvalue weighted by atomic mass is 9.58. The van der Waals surface area contributed by atoms with Gasteiger partial charge in [-0.2, -0.15) is 0 Å². The van der Waals surface area contributed by atoms with Crippen molar-refractivity contribution >= 4 is 22.7 Å². The van der Waals surface area contributed by atoms with E-state index in [2.05, 4.69) is 185 Å². The molecule has 0 saturated heterocycles. The summed E-state index contributed by atoms with van der Waals surface area (Å²) < 4.78 is 0. The van der Waals surface area contributed by atoms with Gasteiger partial charge in [0.05, 0.1) is 11.1 Å². The van der Waals surface area contributed by atoms with Crippen LogP contribution in [-0.4, -0.2) is 11.1 Å². The van der Waals surface area contributed by atoms with E-state index in [0.717, 1.165) is 18.3 Å². The number of hydrogen-bond acceptors (Lipinski definition) is 2. The van der Waals surface area contributed by atoms with E-state index >= 15 is 0 Å². The predicted octanol–water partition coefficient (Wildman–Crippen LogP) is 15.3. The van der Waals surface area contributed by atoms with Crippen LogP contribution < -0.4 is 9.80 Å². The van der Waals surface area contributed by atoms with Crippen LogP contribution in [0.1, 0.15) is 115 Å². The Morgan fingerprint density at radius 1 is 0.475 bits per heavy atom. The molecule has 2 fully saturated rings. The van der Waals surface area contributed by atoms with E-state index in [9.17, 15) is 0 Å². The highest BCUT2D eigenvalue weighted by Gasteiger charge is 2.60. The molecular weight excluding hydrogens is 713 g/mol. The van der Waals surface area contributed by atoms with Gasteiger partial charge in [0, 0.05) is 33.6 Å². The van der Waals surface area contributed by atoms with Gasteiger partial charge in [-0.1, -0.05) is 113 Å². The number of fused-ring (bicyclic) bond motifs is 9. The van der Waals surface area contributed by atoms with Crippen molar-refractivity contribution < 1.29 is 0 Å². The first-order valence-corrected chi connectivity index (χ1v) is 22.9. The third-order valence-electron chi connectivity index (χ3n) is 17.2. The second-order valence-electron chi connectivity index (χ2n) is 20.0. The Labute approximate surface area is 353 Å². The van der Waals surface area contributed by atoms with Crippen LogP contribution in [0.5, 0.6) is 0 Å². The number of hydrogen-bond donors (Lipinski definition) is 0. The molecule has 0 N–H and O–H groups in total. The van der Waals surface area contributed by atoms with Crippen LogP contribution in [0.25, 0.3) is 33.4 Å². The first-order valence-electron chi connectivity index (χ1n) is 22.9. The molecule has 0 amide bonds. The summed E-state index contributed by atoms with van der Waals surface area (Å²) in [6, 6.07) is 51.8. The van der Waals surface area contributed by atoms with E-state index < -0.39 is 0 Å². The summed E-state index contributed by atoms with van der Waals surface area (Å²) in [6.07, 6.45) is 11.0. The maximum absolute atomic E-state index is 2.70. The second kappa shape index (κ2) is 13.2. The molecule has 2 aliphatic heterocycles. The first-order chi connectivity index (χ1) is 28.6. The first kappa shape index (κ1) is 37.0. The second-order valence-corrected chi connectivity index (χ2v) is 20.0. The van der Waals surface area contributed by atoms with Crippen LogP contribution in [-0.2, 0) is 17.3 Å². The van der Waals surface area contributed by atoms with Gasteiger partial charge in [-0.05, 0) is 187 Å². The van der Waals surface area contributed by atoms with Gasteiger partial charge >= 0.3 is 0 Å². The van der Waals surface area contributed by atoms with Crippen molar-refractivity contribution in [2.24, 2.45) is 11.8 Å². The maximum Gasteiger partial charge on any atom is 0.0518 e. The van der Waals surface area contributed by atoms with Crippen LogP contribution in [0, 0.1) is 11.8 Å². The van der Waals surface area contributed by atoms with Gasteiger partial charge in [0.25, 0.3) is 0 Å². The van der Waals surface area contributed by atoms with Gasteiger partial charge in [0.2, 0.25) is 0 Å². The molecule has 11 rings (SSSR count). The molecule has 6 atom stereocenters. The summed E-state index contributed by atoms with van der Waals surface area (Å²) in [7, 11) is 0. The maximum atomic E-state index is 2.70. The fourth-order valence-electron chi connectivity index (χ4n) is 13.3. The van der Waals surface area contributed by atoms with Crippen molar-refractivity contribution in [2.75, 3.05) is 9.80 Å². The van der Waals surface area contributed by atoms with Crippen LogP contribution in [0.15, 0.2) is 133 Å². The van der Waals surface area contributed by atoms with E-state index in [4.69, 9.17) is 0 Å². The van der Waals surface area contributed by atoms with Crippen molar-refractivity contribution in [3.05, 3.63) is 156 Å². The van der Waals surface area contributed by atoms with Crippen LogP contribution in [0.2, 0.25) is 0 Å². The molecule has 2 heterocycles. The van der Waals surface area contributed by atoms with Crippen molar-refractivity contribution in [3.63, 3.8) is 0 Å². The third-order valence-corrected chi connectivity index (χ3v) is 17.2. The molecule has 0 radical (unpaired) electrons. The lowest BCUT2D eigenvalue weighted by molar-refractivity contribution is 0.143. The van der Waals surface area contributed by atoms with Crippen molar-refractivity contribution in [2.45, 2.75) is 121 Å². The Morgan fingerprint density at radius 2 is 0.864 bits per heavy atom. The molecule has 6 aromatic rings. The summed E-state index contributed by atoms with van der Waals surface area (Å²) in [5, 5.41) is 0. The zero-order chi connectivity index (χ0) is 40.3. The third kappa shape index (κ3) is 5.17. The lowest BCUT2D eigenvalue weighted by Crippen LogP contribution is -2.56. The SMILES string of the molecule is CCC1CCC2(C)N(c3ccccc3)c3ccc(-c4ccc5c(c4)-c4cc(-c6ccc7c(c6)C6(C)CC(CC)CCC6(C)N7c6ccccc6)ccc4C5)cc3C2(C)C1. The number of nitrogens with zero attached hydrogens (tertiary/aromatic N) is 2. The largest absolute Gasteiger partial charge is 0.334 e. The van der Waals surface area contributed by atoms with E-state index in [-0.39, 0.29) is 21.9 Å². The quantitative estimate of drug-likeness (QED) is 0.166. The zero-order valence-corrected chi connectivity index (χ0v) is 36.1. The number of rotatable bonds is 6. The molecule has 2 nitrogen and oxygen atoms in total. The Kier molecular flexibility index (Phi) is 8.27. The van der Waals surface area contributed by atoms with E-state index in [0.29, 0.717) is 0 Å².